The highest BCUT2D eigenvalue weighted by Gasteiger charge is 2.21. The van der Waals surface area contributed by atoms with Gasteiger partial charge in [-0.1, -0.05) is 30.3 Å². The van der Waals surface area contributed by atoms with Gasteiger partial charge in [0.1, 0.15) is 0 Å². The van der Waals surface area contributed by atoms with Gasteiger partial charge in [0.05, 0.1) is 14.2 Å². The third-order valence-corrected chi connectivity index (χ3v) is 5.83. The van der Waals surface area contributed by atoms with Crippen molar-refractivity contribution >= 4 is 17.4 Å². The smallest absolute Gasteiger partial charge is 0.276 e. The Balaban J connectivity index is 1.33. The summed E-state index contributed by atoms with van der Waals surface area (Å²) in [5, 5.41) is 11.3. The van der Waals surface area contributed by atoms with Gasteiger partial charge in [0.25, 0.3) is 5.91 Å². The molecular formula is C25H28N4O3. The minimum Gasteiger partial charge on any atom is -0.493 e. The van der Waals surface area contributed by atoms with Crippen LogP contribution in [0.2, 0.25) is 0 Å². The number of aromatic nitrogens is 2. The van der Waals surface area contributed by atoms with Gasteiger partial charge in [0, 0.05) is 24.8 Å². The Bertz CT molecular complexity index is 1030. The van der Waals surface area contributed by atoms with Crippen molar-refractivity contribution in [3.05, 3.63) is 71.9 Å². The fourth-order valence-corrected chi connectivity index (χ4v) is 4.04. The van der Waals surface area contributed by atoms with Crippen molar-refractivity contribution in [2.75, 3.05) is 37.5 Å². The molecular weight excluding hydrogens is 404 g/mol. The number of nitrogens with zero attached hydrogens (tertiary/aromatic N) is 3. The first-order valence-corrected chi connectivity index (χ1v) is 10.8. The Morgan fingerprint density at radius 2 is 1.72 bits per heavy atom. The van der Waals surface area contributed by atoms with Gasteiger partial charge in [-0.15, -0.1) is 10.2 Å². The number of carbonyl (C=O) groups is 1. The SMILES string of the molecule is COc1ccc(NC(=O)c2ccc(N3CCC(Cc4ccccc4)CC3)nn2)cc1OC. The first-order chi connectivity index (χ1) is 15.7. The molecule has 0 unspecified atom stereocenters. The molecule has 1 aliphatic heterocycles. The molecule has 1 aliphatic rings. The van der Waals surface area contributed by atoms with Crippen LogP contribution in [0.15, 0.2) is 60.7 Å². The Morgan fingerprint density at radius 1 is 0.969 bits per heavy atom. The summed E-state index contributed by atoms with van der Waals surface area (Å²) >= 11 is 0. The number of amides is 1. The van der Waals surface area contributed by atoms with Crippen LogP contribution in [0.3, 0.4) is 0 Å². The van der Waals surface area contributed by atoms with E-state index in [1.807, 2.05) is 6.07 Å². The van der Waals surface area contributed by atoms with Crippen LogP contribution in [-0.2, 0) is 6.42 Å². The second-order valence-corrected chi connectivity index (χ2v) is 7.92. The topological polar surface area (TPSA) is 76.6 Å². The minimum atomic E-state index is -0.321. The van der Waals surface area contributed by atoms with Crippen LogP contribution in [-0.4, -0.2) is 43.4 Å². The van der Waals surface area contributed by atoms with E-state index in [-0.39, 0.29) is 11.6 Å². The molecule has 1 N–H and O–H groups in total. The van der Waals surface area contributed by atoms with Crippen LogP contribution in [0.25, 0.3) is 0 Å². The maximum absolute atomic E-state index is 12.6. The van der Waals surface area contributed by atoms with E-state index >= 15 is 0 Å². The predicted molar refractivity (Wildman–Crippen MR) is 125 cm³/mol. The number of ether oxygens (including phenoxy) is 2. The molecule has 1 amide bonds. The van der Waals surface area contributed by atoms with E-state index in [1.165, 1.54) is 5.56 Å². The normalized spacial score (nSPS) is 14.1. The Morgan fingerprint density at radius 3 is 2.38 bits per heavy atom. The molecule has 166 valence electrons. The fraction of sp³-hybridized carbons (Fsp3) is 0.320. The summed E-state index contributed by atoms with van der Waals surface area (Å²) in [7, 11) is 3.12. The number of benzene rings is 2. The summed E-state index contributed by atoms with van der Waals surface area (Å²) in [6, 6.07) is 19.4. The molecule has 0 bridgehead atoms. The first kappa shape index (κ1) is 21.6. The van der Waals surface area contributed by atoms with E-state index in [0.29, 0.717) is 23.1 Å². The molecule has 1 fully saturated rings. The first-order valence-electron chi connectivity index (χ1n) is 10.8. The molecule has 7 nitrogen and oxygen atoms in total. The molecule has 0 spiro atoms. The lowest BCUT2D eigenvalue weighted by Crippen LogP contribution is -2.35. The third-order valence-electron chi connectivity index (χ3n) is 5.83. The zero-order valence-corrected chi connectivity index (χ0v) is 18.5. The van der Waals surface area contributed by atoms with Crippen LogP contribution < -0.4 is 19.7 Å². The zero-order chi connectivity index (χ0) is 22.3. The maximum Gasteiger partial charge on any atom is 0.276 e. The van der Waals surface area contributed by atoms with Crippen LogP contribution in [0.4, 0.5) is 11.5 Å². The highest BCUT2D eigenvalue weighted by molar-refractivity contribution is 6.03. The Hall–Kier alpha value is -3.61. The lowest BCUT2D eigenvalue weighted by Gasteiger charge is -2.32. The van der Waals surface area contributed by atoms with Crippen molar-refractivity contribution in [2.24, 2.45) is 5.92 Å². The quantitative estimate of drug-likeness (QED) is 0.603. The number of anilines is 2. The van der Waals surface area contributed by atoms with Crippen molar-refractivity contribution in [2.45, 2.75) is 19.3 Å². The van der Waals surface area contributed by atoms with Gasteiger partial charge in [0.15, 0.2) is 23.0 Å². The average molecular weight is 433 g/mol. The van der Waals surface area contributed by atoms with Crippen LogP contribution in [0, 0.1) is 5.92 Å². The lowest BCUT2D eigenvalue weighted by atomic mass is 9.90. The summed E-state index contributed by atoms with van der Waals surface area (Å²) in [6.07, 6.45) is 3.37. The average Bonchev–Trinajstić information content (AvgIpc) is 2.85. The Kier molecular flexibility index (Phi) is 6.84. The summed E-state index contributed by atoms with van der Waals surface area (Å²) in [4.78, 5) is 14.8. The standard InChI is InChI=1S/C25H28N4O3/c1-31-22-10-8-20(17-23(22)32-2)26-25(30)21-9-11-24(28-27-21)29-14-12-19(13-15-29)16-18-6-4-3-5-7-18/h3-11,17,19H,12-16H2,1-2H3,(H,26,30). The second-order valence-electron chi connectivity index (χ2n) is 7.92. The molecule has 1 saturated heterocycles. The lowest BCUT2D eigenvalue weighted by molar-refractivity contribution is 0.102. The molecule has 2 aromatic carbocycles. The Labute approximate surface area is 188 Å². The van der Waals surface area contributed by atoms with Gasteiger partial charge in [-0.05, 0) is 55.0 Å². The number of methoxy groups -OCH3 is 2. The maximum atomic E-state index is 12.6. The molecule has 0 radical (unpaired) electrons. The van der Waals surface area contributed by atoms with Gasteiger partial charge >= 0.3 is 0 Å². The van der Waals surface area contributed by atoms with E-state index in [2.05, 4.69) is 50.7 Å². The molecule has 3 aromatic rings. The van der Waals surface area contributed by atoms with Gasteiger partial charge in [0.2, 0.25) is 0 Å². The number of nitrogens with one attached hydrogen (secondary N) is 1. The molecule has 7 heteroatoms. The third kappa shape index (κ3) is 5.17. The molecule has 4 rings (SSSR count). The van der Waals surface area contributed by atoms with Gasteiger partial charge < -0.3 is 19.7 Å². The van der Waals surface area contributed by atoms with E-state index in [9.17, 15) is 4.79 Å². The largest absolute Gasteiger partial charge is 0.493 e. The highest BCUT2D eigenvalue weighted by Crippen LogP contribution is 2.30. The van der Waals surface area contributed by atoms with Crippen molar-refractivity contribution in [1.29, 1.82) is 0 Å². The zero-order valence-electron chi connectivity index (χ0n) is 18.5. The van der Waals surface area contributed by atoms with Crippen molar-refractivity contribution in [3.8, 4) is 11.5 Å². The summed E-state index contributed by atoms with van der Waals surface area (Å²) in [5.74, 6) is 2.32. The molecule has 1 aromatic heterocycles. The minimum absolute atomic E-state index is 0.266. The van der Waals surface area contributed by atoms with Crippen LogP contribution >= 0.6 is 0 Å². The van der Waals surface area contributed by atoms with Gasteiger partial charge in [-0.2, -0.15) is 0 Å². The monoisotopic (exact) mass is 432 g/mol. The van der Waals surface area contributed by atoms with Crippen LogP contribution in [0.5, 0.6) is 11.5 Å². The molecule has 32 heavy (non-hydrogen) atoms. The molecule has 0 saturated carbocycles. The molecule has 0 atom stereocenters. The number of hydrogen-bond acceptors (Lipinski definition) is 6. The van der Waals surface area contributed by atoms with E-state index in [4.69, 9.17) is 9.47 Å². The van der Waals surface area contributed by atoms with Crippen molar-refractivity contribution < 1.29 is 14.3 Å². The number of carbonyl (C=O) groups excluding carboxylic acids is 1. The summed E-state index contributed by atoms with van der Waals surface area (Å²) < 4.78 is 10.5. The number of hydrogen-bond donors (Lipinski definition) is 1. The van der Waals surface area contributed by atoms with Gasteiger partial charge in [-0.25, -0.2) is 0 Å². The van der Waals surface area contributed by atoms with Crippen molar-refractivity contribution in [3.63, 3.8) is 0 Å². The van der Waals surface area contributed by atoms with Gasteiger partial charge in [-0.3, -0.25) is 4.79 Å². The van der Waals surface area contributed by atoms with Crippen LogP contribution in [0.1, 0.15) is 28.9 Å². The predicted octanol–water partition coefficient (Wildman–Crippen LogP) is 4.21. The summed E-state index contributed by atoms with van der Waals surface area (Å²) in [5.41, 5.74) is 2.26. The second kappa shape index (κ2) is 10.1. The van der Waals surface area contributed by atoms with E-state index in [0.717, 1.165) is 38.2 Å². The highest BCUT2D eigenvalue weighted by atomic mass is 16.5. The molecule has 0 aliphatic carbocycles. The molecule has 2 heterocycles. The van der Waals surface area contributed by atoms with E-state index < -0.39 is 0 Å². The van der Waals surface area contributed by atoms with E-state index in [1.54, 1.807) is 38.5 Å². The summed E-state index contributed by atoms with van der Waals surface area (Å²) in [6.45, 7) is 1.90. The number of piperidine rings is 1. The fourth-order valence-electron chi connectivity index (χ4n) is 4.04. The van der Waals surface area contributed by atoms with Crippen molar-refractivity contribution in [1.82, 2.24) is 10.2 Å². The number of rotatable bonds is 7.